The van der Waals surface area contributed by atoms with Crippen LogP contribution < -0.4 is 10.6 Å². The number of anilines is 3. The fourth-order valence-corrected chi connectivity index (χ4v) is 2.58. The minimum absolute atomic E-state index is 0.0919. The molecule has 11 nitrogen and oxygen atoms in total. The Morgan fingerprint density at radius 1 is 1.29 bits per heavy atom. The molecule has 0 unspecified atom stereocenters. The first-order valence-corrected chi connectivity index (χ1v) is 8.58. The van der Waals surface area contributed by atoms with E-state index in [4.69, 9.17) is 0 Å². The first kappa shape index (κ1) is 19.3. The number of benzene rings is 1. The SMILES string of the molecule is CC(C)[C@H](CO)Nc1nc(Nc2ccc(O)c(C(=O)O)c2)c2nnn(C)c2n1. The fraction of sp³-hybridized carbons (Fsp3) is 0.353. The summed E-state index contributed by atoms with van der Waals surface area (Å²) in [6.45, 7) is 3.83. The molecule has 1 atom stereocenters. The van der Waals surface area contributed by atoms with Crippen LogP contribution in [0.3, 0.4) is 0 Å². The van der Waals surface area contributed by atoms with Gasteiger partial charge >= 0.3 is 5.97 Å². The number of aromatic carboxylic acids is 1. The first-order chi connectivity index (χ1) is 13.3. The Morgan fingerprint density at radius 3 is 2.68 bits per heavy atom. The molecule has 0 saturated carbocycles. The third-order valence-corrected chi connectivity index (χ3v) is 4.26. The molecule has 0 bridgehead atoms. The molecule has 0 aliphatic carbocycles. The second-order valence-electron chi connectivity index (χ2n) is 6.62. The summed E-state index contributed by atoms with van der Waals surface area (Å²) in [4.78, 5) is 20.0. The molecule has 0 aliphatic heterocycles. The van der Waals surface area contributed by atoms with Gasteiger partial charge in [0.15, 0.2) is 17.0 Å². The van der Waals surface area contributed by atoms with E-state index in [0.29, 0.717) is 22.7 Å². The maximum absolute atomic E-state index is 11.2. The maximum Gasteiger partial charge on any atom is 0.339 e. The van der Waals surface area contributed by atoms with Gasteiger partial charge in [-0.15, -0.1) is 5.10 Å². The van der Waals surface area contributed by atoms with Crippen molar-refractivity contribution >= 4 is 34.6 Å². The van der Waals surface area contributed by atoms with Gasteiger partial charge in [-0.3, -0.25) is 0 Å². The van der Waals surface area contributed by atoms with E-state index in [-0.39, 0.29) is 35.8 Å². The van der Waals surface area contributed by atoms with Crippen LogP contribution in [0, 0.1) is 5.92 Å². The molecule has 11 heteroatoms. The Morgan fingerprint density at radius 2 is 2.04 bits per heavy atom. The van der Waals surface area contributed by atoms with E-state index in [1.807, 2.05) is 13.8 Å². The van der Waals surface area contributed by atoms with Gasteiger partial charge in [-0.25, -0.2) is 9.48 Å². The van der Waals surface area contributed by atoms with E-state index in [2.05, 4.69) is 30.9 Å². The number of nitrogens with one attached hydrogen (secondary N) is 2. The summed E-state index contributed by atoms with van der Waals surface area (Å²) in [6.07, 6.45) is 0. The lowest BCUT2D eigenvalue weighted by molar-refractivity contribution is 0.0694. The molecule has 0 fully saturated rings. The number of hydrogen-bond donors (Lipinski definition) is 5. The second-order valence-corrected chi connectivity index (χ2v) is 6.62. The lowest BCUT2D eigenvalue weighted by Gasteiger charge is -2.20. The van der Waals surface area contributed by atoms with Crippen LogP contribution in [0.4, 0.5) is 17.5 Å². The van der Waals surface area contributed by atoms with Crippen LogP contribution in [0.1, 0.15) is 24.2 Å². The zero-order valence-corrected chi connectivity index (χ0v) is 15.6. The van der Waals surface area contributed by atoms with E-state index in [0.717, 1.165) is 0 Å². The largest absolute Gasteiger partial charge is 0.507 e. The molecule has 0 spiro atoms. The zero-order valence-electron chi connectivity index (χ0n) is 15.6. The van der Waals surface area contributed by atoms with Crippen molar-refractivity contribution in [2.45, 2.75) is 19.9 Å². The summed E-state index contributed by atoms with van der Waals surface area (Å²) in [7, 11) is 1.69. The minimum atomic E-state index is -1.25. The average Bonchev–Trinajstić information content (AvgIpc) is 3.02. The number of carboxylic acid groups (broad SMARTS) is 1. The number of fused-ring (bicyclic) bond motifs is 1. The van der Waals surface area contributed by atoms with E-state index >= 15 is 0 Å². The Balaban J connectivity index is 2.02. The highest BCUT2D eigenvalue weighted by molar-refractivity contribution is 5.93. The first-order valence-electron chi connectivity index (χ1n) is 8.58. The van der Waals surface area contributed by atoms with Crippen LogP contribution in [0.25, 0.3) is 11.2 Å². The summed E-state index contributed by atoms with van der Waals surface area (Å²) >= 11 is 0. The number of nitrogens with zero attached hydrogens (tertiary/aromatic N) is 5. The number of aromatic nitrogens is 5. The van der Waals surface area contributed by atoms with Crippen molar-refractivity contribution in [3.8, 4) is 5.75 Å². The van der Waals surface area contributed by atoms with Crippen molar-refractivity contribution in [3.63, 3.8) is 0 Å². The van der Waals surface area contributed by atoms with Gasteiger partial charge in [-0.05, 0) is 24.1 Å². The highest BCUT2D eigenvalue weighted by atomic mass is 16.4. The van der Waals surface area contributed by atoms with Gasteiger partial charge in [-0.1, -0.05) is 19.1 Å². The third kappa shape index (κ3) is 3.78. The van der Waals surface area contributed by atoms with Gasteiger partial charge < -0.3 is 26.0 Å². The van der Waals surface area contributed by atoms with E-state index < -0.39 is 5.97 Å². The predicted molar refractivity (Wildman–Crippen MR) is 102 cm³/mol. The standard InChI is InChI=1S/C17H21N7O4/c1-8(2)11(7-25)19-17-20-14(13-15(21-17)24(3)23-22-13)18-9-4-5-12(26)10(6-9)16(27)28/h4-6,8,11,25-26H,7H2,1-3H3,(H,27,28)(H2,18,19,20,21)/t11-/m0/s1. The van der Waals surface area contributed by atoms with E-state index in [1.165, 1.54) is 22.9 Å². The number of carbonyl (C=O) groups is 1. The molecule has 1 aromatic carbocycles. The number of aromatic hydroxyl groups is 1. The van der Waals surface area contributed by atoms with Crippen LogP contribution in [0.5, 0.6) is 5.75 Å². The maximum atomic E-state index is 11.2. The number of aliphatic hydroxyl groups excluding tert-OH is 1. The molecule has 0 amide bonds. The Labute approximate surface area is 160 Å². The van der Waals surface area contributed by atoms with Crippen LogP contribution in [-0.2, 0) is 7.05 Å². The molecule has 2 heterocycles. The summed E-state index contributed by atoms with van der Waals surface area (Å²) in [5, 5.41) is 42.5. The average molecular weight is 387 g/mol. The van der Waals surface area contributed by atoms with E-state index in [1.54, 1.807) is 7.05 Å². The molecule has 0 saturated heterocycles. The quantitative estimate of drug-likeness (QED) is 0.374. The number of rotatable bonds is 7. The number of carboxylic acids is 1. The Kier molecular flexibility index (Phi) is 5.27. The summed E-state index contributed by atoms with van der Waals surface area (Å²) in [5.74, 6) is -0.872. The summed E-state index contributed by atoms with van der Waals surface area (Å²) in [6, 6.07) is 3.84. The molecule has 5 N–H and O–H groups in total. The van der Waals surface area contributed by atoms with Crippen molar-refractivity contribution in [3.05, 3.63) is 23.8 Å². The Hall–Kier alpha value is -3.47. The van der Waals surface area contributed by atoms with Crippen molar-refractivity contribution in [1.82, 2.24) is 25.0 Å². The van der Waals surface area contributed by atoms with Crippen molar-refractivity contribution in [1.29, 1.82) is 0 Å². The lowest BCUT2D eigenvalue weighted by atomic mass is 10.1. The highest BCUT2D eigenvalue weighted by Crippen LogP contribution is 2.27. The zero-order chi connectivity index (χ0) is 20.4. The number of phenols is 1. The van der Waals surface area contributed by atoms with Gasteiger partial charge in [-0.2, -0.15) is 9.97 Å². The van der Waals surface area contributed by atoms with Crippen LogP contribution >= 0.6 is 0 Å². The molecule has 3 aromatic rings. The molecule has 0 aliphatic rings. The molecule has 0 radical (unpaired) electrons. The molecule has 28 heavy (non-hydrogen) atoms. The van der Waals surface area contributed by atoms with Gasteiger partial charge in [0.05, 0.1) is 12.6 Å². The normalized spacial score (nSPS) is 12.3. The second kappa shape index (κ2) is 7.64. The van der Waals surface area contributed by atoms with Crippen LogP contribution in [0.2, 0.25) is 0 Å². The fourth-order valence-electron chi connectivity index (χ4n) is 2.58. The topological polar surface area (TPSA) is 158 Å². The number of aliphatic hydroxyl groups is 1. The molecular weight excluding hydrogens is 366 g/mol. The predicted octanol–water partition coefficient (Wildman–Crippen LogP) is 1.33. The van der Waals surface area contributed by atoms with Crippen LogP contribution in [0.15, 0.2) is 18.2 Å². The third-order valence-electron chi connectivity index (χ3n) is 4.26. The lowest BCUT2D eigenvalue weighted by Crippen LogP contribution is -2.30. The number of hydrogen-bond acceptors (Lipinski definition) is 9. The Bertz CT molecular complexity index is 1020. The summed E-state index contributed by atoms with van der Waals surface area (Å²) < 4.78 is 1.48. The van der Waals surface area contributed by atoms with Gasteiger partial charge in [0.1, 0.15) is 11.3 Å². The highest BCUT2D eigenvalue weighted by Gasteiger charge is 2.18. The number of aryl methyl sites for hydroxylation is 1. The van der Waals surface area contributed by atoms with Crippen molar-refractivity contribution in [2.24, 2.45) is 13.0 Å². The smallest absolute Gasteiger partial charge is 0.339 e. The van der Waals surface area contributed by atoms with Gasteiger partial charge in [0, 0.05) is 12.7 Å². The molecular formula is C17H21N7O4. The van der Waals surface area contributed by atoms with Gasteiger partial charge in [0.2, 0.25) is 5.95 Å². The summed E-state index contributed by atoms with van der Waals surface area (Å²) in [5.41, 5.74) is 1.00. The molecule has 148 valence electrons. The molecule has 2 aromatic heterocycles. The van der Waals surface area contributed by atoms with Crippen molar-refractivity contribution < 1.29 is 20.1 Å². The van der Waals surface area contributed by atoms with Crippen molar-refractivity contribution in [2.75, 3.05) is 17.2 Å². The monoisotopic (exact) mass is 387 g/mol. The van der Waals surface area contributed by atoms with Gasteiger partial charge in [0.25, 0.3) is 0 Å². The minimum Gasteiger partial charge on any atom is -0.507 e. The molecule has 3 rings (SSSR count). The van der Waals surface area contributed by atoms with E-state index in [9.17, 15) is 20.1 Å². The van der Waals surface area contributed by atoms with Crippen LogP contribution in [-0.4, -0.2) is 58.9 Å².